The maximum atomic E-state index is 11.9. The van der Waals surface area contributed by atoms with Crippen LogP contribution < -0.4 is 10.6 Å². The molecule has 2 aliphatic heterocycles. The van der Waals surface area contributed by atoms with Gasteiger partial charge in [-0.25, -0.2) is 0 Å². The predicted molar refractivity (Wildman–Crippen MR) is 88.1 cm³/mol. The number of rotatable bonds is 3. The number of amides is 1. The van der Waals surface area contributed by atoms with Gasteiger partial charge in [0.1, 0.15) is 0 Å². The molecule has 4 rings (SSSR count). The van der Waals surface area contributed by atoms with E-state index >= 15 is 0 Å². The van der Waals surface area contributed by atoms with Crippen LogP contribution in [0.1, 0.15) is 17.8 Å². The van der Waals surface area contributed by atoms with Gasteiger partial charge in [-0.15, -0.1) is 0 Å². The van der Waals surface area contributed by atoms with Crippen LogP contribution in [0.15, 0.2) is 28.8 Å². The van der Waals surface area contributed by atoms with Crippen molar-refractivity contribution in [2.45, 2.75) is 25.4 Å². The number of nitrogens with one attached hydrogen (secondary N) is 2. The summed E-state index contributed by atoms with van der Waals surface area (Å²) in [7, 11) is 0. The minimum atomic E-state index is -0.121. The summed E-state index contributed by atoms with van der Waals surface area (Å²) in [6.07, 6.45) is 0.516. The topological polar surface area (TPSA) is 83.3 Å². The molecule has 7 heteroatoms. The van der Waals surface area contributed by atoms with Gasteiger partial charge in [0.05, 0.1) is 12.1 Å². The van der Waals surface area contributed by atoms with Crippen LogP contribution in [0.25, 0.3) is 11.5 Å². The van der Waals surface area contributed by atoms with Crippen LogP contribution in [0.4, 0.5) is 0 Å². The van der Waals surface area contributed by atoms with Crippen molar-refractivity contribution in [2.24, 2.45) is 0 Å². The number of hydrogen-bond donors (Lipinski definition) is 2. The molecule has 2 fully saturated rings. The van der Waals surface area contributed by atoms with E-state index in [-0.39, 0.29) is 11.4 Å². The Hall–Kier alpha value is -2.25. The molecule has 0 radical (unpaired) electrons. The standard InChI is InChI=1S/C17H21N5O2/c1-12-4-2-3-5-13(12)16-20-14(21-24-16)9-22-7-6-19-15(23)8-17(22)10-18-11-17/h2-5,18H,6-11H2,1H3,(H,19,23). The maximum Gasteiger partial charge on any atom is 0.258 e. The molecule has 3 heterocycles. The number of aryl methyl sites for hydroxylation is 1. The van der Waals surface area contributed by atoms with Gasteiger partial charge in [0, 0.05) is 38.2 Å². The van der Waals surface area contributed by atoms with Gasteiger partial charge >= 0.3 is 0 Å². The van der Waals surface area contributed by atoms with E-state index in [1.807, 2.05) is 31.2 Å². The third-order valence-corrected chi connectivity index (χ3v) is 4.95. The smallest absolute Gasteiger partial charge is 0.258 e. The van der Waals surface area contributed by atoms with E-state index in [0.29, 0.717) is 31.2 Å². The van der Waals surface area contributed by atoms with E-state index in [9.17, 15) is 4.79 Å². The highest BCUT2D eigenvalue weighted by molar-refractivity contribution is 5.78. The Balaban J connectivity index is 1.55. The van der Waals surface area contributed by atoms with Crippen molar-refractivity contribution in [3.05, 3.63) is 35.7 Å². The second-order valence-electron chi connectivity index (χ2n) is 6.61. The molecule has 126 valence electrons. The molecule has 0 unspecified atom stereocenters. The molecule has 0 bridgehead atoms. The Labute approximate surface area is 140 Å². The third-order valence-electron chi connectivity index (χ3n) is 4.95. The molecule has 2 aromatic rings. The van der Waals surface area contributed by atoms with Crippen LogP contribution in [0, 0.1) is 6.92 Å². The lowest BCUT2D eigenvalue weighted by Crippen LogP contribution is -2.69. The van der Waals surface area contributed by atoms with Crippen molar-refractivity contribution in [3.8, 4) is 11.5 Å². The van der Waals surface area contributed by atoms with Gasteiger partial charge in [-0.3, -0.25) is 9.69 Å². The number of nitrogens with zero attached hydrogens (tertiary/aromatic N) is 3. The summed E-state index contributed by atoms with van der Waals surface area (Å²) in [4.78, 5) is 18.8. The average Bonchev–Trinajstić information content (AvgIpc) is 2.91. The molecule has 1 aromatic carbocycles. The first-order valence-electron chi connectivity index (χ1n) is 8.27. The Kier molecular flexibility index (Phi) is 3.82. The zero-order valence-electron chi connectivity index (χ0n) is 13.7. The van der Waals surface area contributed by atoms with Gasteiger partial charge in [0.2, 0.25) is 5.91 Å². The maximum absolute atomic E-state index is 11.9. The van der Waals surface area contributed by atoms with Crippen LogP contribution in [0.3, 0.4) is 0 Å². The second-order valence-corrected chi connectivity index (χ2v) is 6.61. The molecule has 2 saturated heterocycles. The Bertz CT molecular complexity index is 753. The van der Waals surface area contributed by atoms with E-state index < -0.39 is 0 Å². The first-order valence-corrected chi connectivity index (χ1v) is 8.27. The monoisotopic (exact) mass is 327 g/mol. The van der Waals surface area contributed by atoms with E-state index in [2.05, 4.69) is 25.7 Å². The molecule has 0 atom stereocenters. The minimum Gasteiger partial charge on any atom is -0.355 e. The summed E-state index contributed by atoms with van der Waals surface area (Å²) >= 11 is 0. The van der Waals surface area contributed by atoms with Gasteiger partial charge in [0.15, 0.2) is 5.82 Å². The minimum absolute atomic E-state index is 0.118. The molecule has 1 aromatic heterocycles. The number of hydrogen-bond acceptors (Lipinski definition) is 6. The largest absolute Gasteiger partial charge is 0.355 e. The fraction of sp³-hybridized carbons (Fsp3) is 0.471. The predicted octanol–water partition coefficient (Wildman–Crippen LogP) is 0.709. The summed E-state index contributed by atoms with van der Waals surface area (Å²) in [6.45, 7) is 5.71. The van der Waals surface area contributed by atoms with Gasteiger partial charge in [-0.05, 0) is 18.6 Å². The highest BCUT2D eigenvalue weighted by Gasteiger charge is 2.45. The van der Waals surface area contributed by atoms with Gasteiger partial charge in [-0.1, -0.05) is 23.4 Å². The van der Waals surface area contributed by atoms with Gasteiger partial charge in [-0.2, -0.15) is 4.98 Å². The van der Waals surface area contributed by atoms with Crippen LogP contribution in [-0.4, -0.2) is 52.7 Å². The van der Waals surface area contributed by atoms with Crippen molar-refractivity contribution in [3.63, 3.8) is 0 Å². The zero-order valence-corrected chi connectivity index (χ0v) is 13.7. The first kappa shape index (κ1) is 15.3. The summed E-state index contributed by atoms with van der Waals surface area (Å²) < 4.78 is 5.46. The number of carbonyl (C=O) groups excluding carboxylic acids is 1. The van der Waals surface area contributed by atoms with Crippen LogP contribution in [0.2, 0.25) is 0 Å². The van der Waals surface area contributed by atoms with Gasteiger partial charge < -0.3 is 15.2 Å². The molecule has 7 nitrogen and oxygen atoms in total. The van der Waals surface area contributed by atoms with Crippen LogP contribution in [0.5, 0.6) is 0 Å². The van der Waals surface area contributed by atoms with E-state index in [1.54, 1.807) is 0 Å². The summed E-state index contributed by atoms with van der Waals surface area (Å²) in [5.41, 5.74) is 1.95. The lowest BCUT2D eigenvalue weighted by Gasteiger charge is -2.48. The van der Waals surface area contributed by atoms with Crippen molar-refractivity contribution in [1.29, 1.82) is 0 Å². The fourth-order valence-corrected chi connectivity index (χ4v) is 3.46. The molecule has 0 aliphatic carbocycles. The third kappa shape index (κ3) is 2.70. The van der Waals surface area contributed by atoms with Crippen molar-refractivity contribution < 1.29 is 9.32 Å². The molecule has 0 saturated carbocycles. The average molecular weight is 327 g/mol. The van der Waals surface area contributed by atoms with E-state index in [0.717, 1.165) is 30.8 Å². The molecule has 2 aliphatic rings. The van der Waals surface area contributed by atoms with Crippen molar-refractivity contribution >= 4 is 5.91 Å². The number of benzene rings is 1. The molecule has 2 N–H and O–H groups in total. The molecular formula is C17H21N5O2. The lowest BCUT2D eigenvalue weighted by atomic mass is 9.86. The number of carbonyl (C=O) groups is 1. The highest BCUT2D eigenvalue weighted by Crippen LogP contribution is 2.28. The first-order chi connectivity index (χ1) is 11.7. The summed E-state index contributed by atoms with van der Waals surface area (Å²) in [6, 6.07) is 7.97. The van der Waals surface area contributed by atoms with Gasteiger partial charge in [0.25, 0.3) is 5.89 Å². The second kappa shape index (κ2) is 5.99. The lowest BCUT2D eigenvalue weighted by molar-refractivity contribution is -0.123. The molecule has 24 heavy (non-hydrogen) atoms. The highest BCUT2D eigenvalue weighted by atomic mass is 16.5. The normalized spacial score (nSPS) is 20.5. The fourth-order valence-electron chi connectivity index (χ4n) is 3.46. The number of aromatic nitrogens is 2. The quantitative estimate of drug-likeness (QED) is 0.864. The van der Waals surface area contributed by atoms with Crippen LogP contribution in [-0.2, 0) is 11.3 Å². The van der Waals surface area contributed by atoms with Crippen molar-refractivity contribution in [2.75, 3.05) is 26.2 Å². The van der Waals surface area contributed by atoms with Crippen molar-refractivity contribution in [1.82, 2.24) is 25.7 Å². The van der Waals surface area contributed by atoms with Crippen LogP contribution >= 0.6 is 0 Å². The summed E-state index contributed by atoms with van der Waals surface area (Å²) in [5.74, 6) is 1.33. The molecule has 1 amide bonds. The Morgan fingerprint density at radius 1 is 1.33 bits per heavy atom. The van der Waals surface area contributed by atoms with E-state index in [1.165, 1.54) is 0 Å². The molecular weight excluding hydrogens is 306 g/mol. The summed E-state index contributed by atoms with van der Waals surface area (Å²) in [5, 5.41) is 10.4. The molecule has 1 spiro atoms. The Morgan fingerprint density at radius 3 is 2.92 bits per heavy atom. The zero-order chi connectivity index (χ0) is 16.6. The van der Waals surface area contributed by atoms with E-state index in [4.69, 9.17) is 4.52 Å². The SMILES string of the molecule is Cc1ccccc1-c1nc(CN2CCNC(=O)CC23CNC3)no1. The Morgan fingerprint density at radius 2 is 2.17 bits per heavy atom.